The van der Waals surface area contributed by atoms with E-state index < -0.39 is 90.1 Å². The van der Waals surface area contributed by atoms with Crippen molar-refractivity contribution < 1.29 is 62.0 Å². The first-order valence-electron chi connectivity index (χ1n) is 24.8. The summed E-state index contributed by atoms with van der Waals surface area (Å²) in [5, 5.41) is 13.0. The van der Waals surface area contributed by atoms with Crippen LogP contribution in [0.15, 0.2) is 109 Å². The average Bonchev–Trinajstić information content (AvgIpc) is 3.68. The van der Waals surface area contributed by atoms with Gasteiger partial charge in [0.05, 0.1) is 0 Å². The van der Waals surface area contributed by atoms with Crippen LogP contribution in [0.2, 0.25) is 0 Å². The van der Waals surface area contributed by atoms with E-state index in [1.807, 2.05) is 54.6 Å². The van der Waals surface area contributed by atoms with Crippen LogP contribution < -0.4 is 26.6 Å². The van der Waals surface area contributed by atoms with Crippen LogP contribution in [0.1, 0.15) is 115 Å². The molecular formula is C56H69N5O13. The Labute approximate surface area is 432 Å². The highest BCUT2D eigenvalue weighted by atomic mass is 16.6. The highest BCUT2D eigenvalue weighted by Crippen LogP contribution is 2.44. The Bertz CT molecular complexity index is 2500. The normalized spacial score (nSPS) is 13.1. The number of alkyl carbamates (subject to hydrolysis) is 2. The smallest absolute Gasteiger partial charge is 0.407 e. The second-order valence-corrected chi connectivity index (χ2v) is 19.7. The Kier molecular flexibility index (Phi) is 21.5. The van der Waals surface area contributed by atoms with Gasteiger partial charge < -0.3 is 50.3 Å². The van der Waals surface area contributed by atoms with Gasteiger partial charge in [0.15, 0.2) is 0 Å². The molecule has 5 N–H and O–H groups in total. The number of rotatable bonds is 25. The van der Waals surface area contributed by atoms with E-state index in [1.54, 1.807) is 96.1 Å². The lowest BCUT2D eigenvalue weighted by molar-refractivity contribution is -0.154. The molecule has 0 aromatic heterocycles. The molecule has 0 spiro atoms. The summed E-state index contributed by atoms with van der Waals surface area (Å²) >= 11 is 0. The maximum Gasteiger partial charge on any atom is 0.407 e. The molecule has 4 aromatic carbocycles. The van der Waals surface area contributed by atoms with Crippen molar-refractivity contribution >= 4 is 47.8 Å². The first kappa shape index (κ1) is 57.1. The van der Waals surface area contributed by atoms with Crippen LogP contribution in [0, 0.1) is 0 Å². The van der Waals surface area contributed by atoms with Gasteiger partial charge >= 0.3 is 30.1 Å². The van der Waals surface area contributed by atoms with Crippen LogP contribution in [-0.4, -0.2) is 96.8 Å². The van der Waals surface area contributed by atoms with Gasteiger partial charge in [0.1, 0.15) is 55.7 Å². The Morgan fingerprint density at radius 2 is 1.04 bits per heavy atom. The van der Waals surface area contributed by atoms with Crippen molar-refractivity contribution in [1.29, 1.82) is 0 Å². The fraction of sp³-hybridized carbons (Fsp3) is 0.429. The monoisotopic (exact) mass is 1020 g/mol. The Hall–Kier alpha value is -7.76. The third-order valence-corrected chi connectivity index (χ3v) is 11.4. The van der Waals surface area contributed by atoms with Crippen molar-refractivity contribution in [3.8, 4) is 11.1 Å². The maximum atomic E-state index is 14.3. The molecule has 0 heterocycles. The number of esters is 3. The summed E-state index contributed by atoms with van der Waals surface area (Å²) in [6.07, 6.45) is -2.04. The van der Waals surface area contributed by atoms with E-state index in [-0.39, 0.29) is 58.0 Å². The van der Waals surface area contributed by atoms with Crippen molar-refractivity contribution in [3.63, 3.8) is 0 Å². The standard InChI is InChI=1S/C56H69N5O13/c1-55(2,3)73-49(64)33-58-50(65)45(28-30-47(62)59-46(52(67)71-35-38-21-11-8-12-22-38)29-31-48(63)70-34-37-19-9-7-10-20-37)60-51(66)44(27-17-18-32-57-53(68)74-56(4,5)6)61-54(69)72-36-43-41-25-15-13-23-39(41)40-24-14-16-26-42(40)43/h7-16,19-26,43-46H,17-18,27-36H2,1-6H3,(H,57,68)(H,58,65)(H,59,62)(H,60,66)(H,61,69). The minimum absolute atomic E-state index is 0.00558. The second kappa shape index (κ2) is 27.9. The van der Waals surface area contributed by atoms with Crippen LogP contribution in [-0.2, 0) is 65.7 Å². The minimum atomic E-state index is -1.47. The van der Waals surface area contributed by atoms with Crippen LogP contribution >= 0.6 is 0 Å². The van der Waals surface area contributed by atoms with Gasteiger partial charge in [-0.25, -0.2) is 14.4 Å². The predicted octanol–water partition coefficient (Wildman–Crippen LogP) is 7.06. The molecule has 0 saturated carbocycles. The predicted molar refractivity (Wildman–Crippen MR) is 274 cm³/mol. The molecule has 1 aliphatic rings. The summed E-state index contributed by atoms with van der Waals surface area (Å²) in [5.74, 6) is -4.86. The molecule has 0 saturated heterocycles. The number of unbranched alkanes of at least 4 members (excludes halogenated alkanes) is 1. The number of benzene rings is 4. The second-order valence-electron chi connectivity index (χ2n) is 19.7. The molecule has 0 bridgehead atoms. The van der Waals surface area contributed by atoms with E-state index in [0.29, 0.717) is 18.4 Å². The molecule has 0 fully saturated rings. The molecule has 5 rings (SSSR count). The summed E-state index contributed by atoms with van der Waals surface area (Å²) in [6, 6.07) is 29.5. The number of carbonyl (C=O) groups is 8. The quantitative estimate of drug-likeness (QED) is 0.0254. The van der Waals surface area contributed by atoms with Gasteiger partial charge in [-0.1, -0.05) is 109 Å². The fourth-order valence-electron chi connectivity index (χ4n) is 7.92. The number of nitrogens with one attached hydrogen (secondary N) is 5. The molecule has 74 heavy (non-hydrogen) atoms. The van der Waals surface area contributed by atoms with Gasteiger partial charge in [0, 0.05) is 25.3 Å². The van der Waals surface area contributed by atoms with Crippen molar-refractivity contribution in [2.75, 3.05) is 19.7 Å². The van der Waals surface area contributed by atoms with Gasteiger partial charge in [-0.05, 0) is 107 Å². The number of amides is 5. The van der Waals surface area contributed by atoms with Crippen molar-refractivity contribution in [1.82, 2.24) is 26.6 Å². The topological polar surface area (TPSA) is 243 Å². The molecule has 396 valence electrons. The lowest BCUT2D eigenvalue weighted by atomic mass is 9.98. The molecule has 18 heteroatoms. The number of fused-ring (bicyclic) bond motifs is 3. The maximum absolute atomic E-state index is 14.3. The molecule has 0 radical (unpaired) electrons. The zero-order chi connectivity index (χ0) is 53.7. The van der Waals surface area contributed by atoms with Crippen LogP contribution in [0.4, 0.5) is 9.59 Å². The summed E-state index contributed by atoms with van der Waals surface area (Å²) in [5.41, 5.74) is 3.87. The lowest BCUT2D eigenvalue weighted by Gasteiger charge is -2.24. The first-order chi connectivity index (χ1) is 35.2. The third kappa shape index (κ3) is 19.7. The Morgan fingerprint density at radius 1 is 0.500 bits per heavy atom. The lowest BCUT2D eigenvalue weighted by Crippen LogP contribution is -2.54. The Morgan fingerprint density at radius 3 is 1.64 bits per heavy atom. The summed E-state index contributed by atoms with van der Waals surface area (Å²) in [4.78, 5) is 107. The molecule has 4 aromatic rings. The highest BCUT2D eigenvalue weighted by Gasteiger charge is 2.32. The SMILES string of the molecule is CC(C)(C)OC(=O)CNC(=O)C(CCC(=O)NC(CCC(=O)OCc1ccccc1)C(=O)OCc1ccccc1)NC(=O)C(CCCCNC(=O)OC(C)(C)C)NC(=O)OCC1c2ccccc2-c2ccccc21. The Balaban J connectivity index is 1.29. The fourth-order valence-corrected chi connectivity index (χ4v) is 7.92. The highest BCUT2D eigenvalue weighted by molar-refractivity contribution is 5.93. The molecule has 18 nitrogen and oxygen atoms in total. The van der Waals surface area contributed by atoms with E-state index in [4.69, 9.17) is 23.7 Å². The zero-order valence-electron chi connectivity index (χ0n) is 43.0. The average molecular weight is 1020 g/mol. The van der Waals surface area contributed by atoms with Crippen molar-refractivity contribution in [2.45, 2.75) is 135 Å². The van der Waals surface area contributed by atoms with Crippen LogP contribution in [0.3, 0.4) is 0 Å². The van der Waals surface area contributed by atoms with E-state index in [9.17, 15) is 38.4 Å². The molecule has 0 aliphatic heterocycles. The van der Waals surface area contributed by atoms with Gasteiger partial charge in [-0.3, -0.25) is 24.0 Å². The van der Waals surface area contributed by atoms with Crippen molar-refractivity contribution in [2.24, 2.45) is 0 Å². The largest absolute Gasteiger partial charge is 0.461 e. The van der Waals surface area contributed by atoms with Gasteiger partial charge in [0.2, 0.25) is 17.7 Å². The molecule has 3 atom stereocenters. The van der Waals surface area contributed by atoms with E-state index >= 15 is 0 Å². The number of carbonyl (C=O) groups excluding carboxylic acids is 8. The van der Waals surface area contributed by atoms with Gasteiger partial charge in [-0.15, -0.1) is 0 Å². The molecule has 1 aliphatic carbocycles. The minimum Gasteiger partial charge on any atom is -0.461 e. The molecule has 3 unspecified atom stereocenters. The third-order valence-electron chi connectivity index (χ3n) is 11.4. The van der Waals surface area contributed by atoms with Crippen LogP contribution in [0.25, 0.3) is 11.1 Å². The first-order valence-corrected chi connectivity index (χ1v) is 24.8. The van der Waals surface area contributed by atoms with E-state index in [1.165, 1.54) is 0 Å². The van der Waals surface area contributed by atoms with Crippen molar-refractivity contribution in [3.05, 3.63) is 131 Å². The van der Waals surface area contributed by atoms with Gasteiger partial charge in [-0.2, -0.15) is 0 Å². The molecular weight excluding hydrogens is 951 g/mol. The molecule has 5 amide bonds. The van der Waals surface area contributed by atoms with Gasteiger partial charge in [0.25, 0.3) is 0 Å². The number of hydrogen-bond donors (Lipinski definition) is 5. The summed E-state index contributed by atoms with van der Waals surface area (Å²) in [6.45, 7) is 9.64. The van der Waals surface area contributed by atoms with E-state index in [2.05, 4.69) is 26.6 Å². The van der Waals surface area contributed by atoms with E-state index in [0.717, 1.165) is 27.8 Å². The van der Waals surface area contributed by atoms with Crippen LogP contribution in [0.5, 0.6) is 0 Å². The number of hydrogen-bond acceptors (Lipinski definition) is 13. The summed E-state index contributed by atoms with van der Waals surface area (Å²) in [7, 11) is 0. The summed E-state index contributed by atoms with van der Waals surface area (Å²) < 4.78 is 27.4. The number of ether oxygens (including phenoxy) is 5. The zero-order valence-corrected chi connectivity index (χ0v) is 43.0.